The third-order valence-corrected chi connectivity index (χ3v) is 15.0. The molecule has 6 heteroatoms. The average molecular weight is 863 g/mol. The lowest BCUT2D eigenvalue weighted by Gasteiger charge is -2.37. The monoisotopic (exact) mass is 862 g/mol. The summed E-state index contributed by atoms with van der Waals surface area (Å²) < 4.78 is 4.27. The van der Waals surface area contributed by atoms with Crippen LogP contribution in [0.4, 0.5) is 0 Å². The van der Waals surface area contributed by atoms with Gasteiger partial charge in [-0.25, -0.2) is 0 Å². The number of fused-ring (bicyclic) bond motifs is 9. The molecule has 0 radical (unpaired) electrons. The molecule has 3 aliphatic carbocycles. The minimum absolute atomic E-state index is 0.0929. The third-order valence-electron chi connectivity index (χ3n) is 15.0. The molecule has 3 unspecified atom stereocenters. The predicted octanol–water partition coefficient (Wildman–Crippen LogP) is 11.9. The van der Waals surface area contributed by atoms with Crippen LogP contribution < -0.4 is 0 Å². The Kier molecular flexibility index (Phi) is 8.29. The summed E-state index contributed by atoms with van der Waals surface area (Å²) in [5.41, 5.74) is 18.6. The van der Waals surface area contributed by atoms with Crippen molar-refractivity contribution in [3.05, 3.63) is 274 Å². The highest BCUT2D eigenvalue weighted by Crippen LogP contribution is 2.60. The van der Waals surface area contributed by atoms with E-state index >= 15 is 0 Å². The normalized spacial score (nSPS) is 20.3. The van der Waals surface area contributed by atoms with Crippen LogP contribution in [0.3, 0.4) is 0 Å². The van der Waals surface area contributed by atoms with Gasteiger partial charge in [-0.15, -0.1) is 0 Å². The van der Waals surface area contributed by atoms with E-state index in [0.29, 0.717) is 0 Å². The summed E-state index contributed by atoms with van der Waals surface area (Å²) in [4.78, 5) is 19.5. The minimum Gasteiger partial charge on any atom is -0.264 e. The van der Waals surface area contributed by atoms with E-state index in [0.717, 1.165) is 44.6 Å². The fourth-order valence-electron chi connectivity index (χ4n) is 12.2. The van der Waals surface area contributed by atoms with Crippen molar-refractivity contribution < 1.29 is 9.15 Å². The van der Waals surface area contributed by atoms with E-state index < -0.39 is 16.4 Å². The summed E-state index contributed by atoms with van der Waals surface area (Å²) in [6.45, 7) is 6.83. The molecule has 4 aliphatic rings. The number of pyridine rings is 4. The number of hydrogen-bond acceptors (Lipinski definition) is 4. The first-order chi connectivity index (χ1) is 32.8. The van der Waals surface area contributed by atoms with E-state index in [2.05, 4.69) is 207 Å². The van der Waals surface area contributed by atoms with Crippen LogP contribution >= 0.6 is 0 Å². The number of nitrogens with zero attached hydrogens (tertiary/aromatic N) is 6. The van der Waals surface area contributed by atoms with E-state index in [-0.39, 0.29) is 5.41 Å². The van der Waals surface area contributed by atoms with Crippen molar-refractivity contribution >= 4 is 6.01 Å². The van der Waals surface area contributed by atoms with Crippen molar-refractivity contribution in [3.8, 4) is 33.4 Å². The molecular weight excluding hydrogens is 817 g/mol. The van der Waals surface area contributed by atoms with Crippen molar-refractivity contribution in [2.75, 3.05) is 7.05 Å². The fourth-order valence-corrected chi connectivity index (χ4v) is 12.2. The van der Waals surface area contributed by atoms with Crippen molar-refractivity contribution in [1.29, 1.82) is 0 Å². The summed E-state index contributed by atoms with van der Waals surface area (Å²) >= 11 is 0. The largest absolute Gasteiger partial charge is 0.490 e. The molecule has 13 rings (SSSR count). The zero-order chi connectivity index (χ0) is 45.1. The molecule has 0 amide bonds. The topological polar surface area (TPSA) is 57.6 Å². The van der Waals surface area contributed by atoms with Crippen molar-refractivity contribution in [3.63, 3.8) is 0 Å². The maximum Gasteiger partial charge on any atom is 0.490 e. The standard InChI is InChI=1S/C61H46N6/c1-58(2,3)40-23-30-65-57(35-40)60(52-21-9-6-18-46(52)49-37-63-28-25-54(49)60)43-15-11-13-41(33-43)59(51-20-8-5-17-45(51)48-36-62-27-24-53(48)59)42-14-12-16-44(34-42)61(67-32-31-66(4)39-67)55-22-10-7-19-47(55)50-38-64-29-26-56(50)61/h5-38H,1-4H3/q+2. The Bertz CT molecular complexity index is 3520. The summed E-state index contributed by atoms with van der Waals surface area (Å²) in [5.74, 6) is 0. The van der Waals surface area contributed by atoms with Crippen LogP contribution in [0.1, 0.15) is 87.7 Å². The fraction of sp³-hybridized carbons (Fsp3) is 0.131. The van der Waals surface area contributed by atoms with Gasteiger partial charge in [0.15, 0.2) is 7.05 Å². The third kappa shape index (κ3) is 5.16. The van der Waals surface area contributed by atoms with Crippen molar-refractivity contribution in [2.45, 2.75) is 42.6 Å². The van der Waals surface area contributed by atoms with Crippen LogP contribution in [-0.4, -0.2) is 42.1 Å². The quantitative estimate of drug-likeness (QED) is 0.156. The van der Waals surface area contributed by atoms with Gasteiger partial charge in [-0.05, 0) is 103 Å². The Morgan fingerprint density at radius 2 is 0.896 bits per heavy atom. The number of hydrogen-bond donors (Lipinski definition) is 0. The molecule has 1 aliphatic heterocycles. The van der Waals surface area contributed by atoms with Crippen LogP contribution in [-0.2, 0) is 21.8 Å². The zero-order valence-corrected chi connectivity index (χ0v) is 37.8. The number of benzene rings is 5. The zero-order valence-electron chi connectivity index (χ0n) is 37.8. The molecule has 318 valence electrons. The molecule has 6 nitrogen and oxygen atoms in total. The summed E-state index contributed by atoms with van der Waals surface area (Å²) in [7, 11) is 2.04. The molecule has 5 aromatic carbocycles. The number of aromatic nitrogens is 4. The first-order valence-corrected chi connectivity index (χ1v) is 23.1. The van der Waals surface area contributed by atoms with E-state index in [1.165, 1.54) is 55.6 Å². The van der Waals surface area contributed by atoms with Gasteiger partial charge >= 0.3 is 6.01 Å². The van der Waals surface area contributed by atoms with Gasteiger partial charge < -0.3 is 0 Å². The molecule has 0 saturated carbocycles. The van der Waals surface area contributed by atoms with Crippen LogP contribution in [0, 0.1) is 0 Å². The smallest absolute Gasteiger partial charge is 0.264 e. The van der Waals surface area contributed by atoms with Gasteiger partial charge in [0.1, 0.15) is 0 Å². The number of rotatable bonds is 6. The minimum atomic E-state index is -0.757. The Labute approximate surface area is 390 Å². The first kappa shape index (κ1) is 39.2. The maximum absolute atomic E-state index is 5.35. The van der Waals surface area contributed by atoms with Crippen molar-refractivity contribution in [1.82, 2.24) is 19.9 Å². The average Bonchev–Trinajstić information content (AvgIpc) is 4.11. The highest BCUT2D eigenvalue weighted by Gasteiger charge is 2.57. The van der Waals surface area contributed by atoms with Crippen molar-refractivity contribution in [2.24, 2.45) is 0 Å². The Hall–Kier alpha value is -8.18. The van der Waals surface area contributed by atoms with Crippen LogP contribution in [0.5, 0.6) is 0 Å². The van der Waals surface area contributed by atoms with Crippen LogP contribution in [0.25, 0.3) is 33.4 Å². The van der Waals surface area contributed by atoms with Gasteiger partial charge in [0.2, 0.25) is 12.4 Å². The Balaban J connectivity index is 1.13. The molecule has 67 heavy (non-hydrogen) atoms. The molecule has 0 spiro atoms. The molecule has 0 saturated heterocycles. The molecule has 0 N–H and O–H groups in total. The second-order valence-electron chi connectivity index (χ2n) is 19.3. The molecule has 4 aromatic heterocycles. The second kappa shape index (κ2) is 14.2. The molecular formula is C61H46N6+2. The highest BCUT2D eigenvalue weighted by atomic mass is 15.2. The lowest BCUT2D eigenvalue weighted by molar-refractivity contribution is -0.533. The van der Waals surface area contributed by atoms with Gasteiger partial charge in [0, 0.05) is 76.8 Å². The lowest BCUT2D eigenvalue weighted by atomic mass is 9.64. The molecule has 9 aromatic rings. The van der Waals surface area contributed by atoms with Gasteiger partial charge in [-0.3, -0.25) is 19.9 Å². The Morgan fingerprint density at radius 3 is 1.49 bits per heavy atom. The van der Waals surface area contributed by atoms with Gasteiger partial charge in [-0.2, -0.15) is 0 Å². The molecule has 5 heterocycles. The SMILES string of the molecule is C[N+]1=C=[N+](C2(c3cccc(C4(c5cccc(C6(c7cc(C(C)(C)C)ccn7)c7ccccc7-c7cnccc76)c5)c5ccccc5-c5cnccc54)c3)c3ccccc3-c3cnccc32)C=C1. The first-order valence-electron chi connectivity index (χ1n) is 23.1. The van der Waals surface area contributed by atoms with Crippen LogP contribution in [0.2, 0.25) is 0 Å². The Morgan fingerprint density at radius 1 is 0.433 bits per heavy atom. The second-order valence-corrected chi connectivity index (χ2v) is 19.3. The molecule has 3 atom stereocenters. The van der Waals surface area contributed by atoms with Crippen LogP contribution in [0.15, 0.2) is 207 Å². The van der Waals surface area contributed by atoms with E-state index in [1.54, 1.807) is 0 Å². The highest BCUT2D eigenvalue weighted by molar-refractivity contribution is 5.88. The predicted molar refractivity (Wildman–Crippen MR) is 263 cm³/mol. The lowest BCUT2D eigenvalue weighted by Crippen LogP contribution is -2.38. The summed E-state index contributed by atoms with van der Waals surface area (Å²) in [5, 5.41) is 0. The van der Waals surface area contributed by atoms with E-state index in [9.17, 15) is 0 Å². The summed E-state index contributed by atoms with van der Waals surface area (Å²) in [6, 6.07) is 60.1. The van der Waals surface area contributed by atoms with Gasteiger partial charge in [0.05, 0.1) is 16.5 Å². The van der Waals surface area contributed by atoms with E-state index in [1.807, 2.05) is 48.8 Å². The molecule has 0 fully saturated rings. The van der Waals surface area contributed by atoms with Gasteiger partial charge in [-0.1, -0.05) is 145 Å². The molecule has 0 bridgehead atoms. The summed E-state index contributed by atoms with van der Waals surface area (Å²) in [6.07, 6.45) is 18.2. The van der Waals surface area contributed by atoms with E-state index in [4.69, 9.17) is 15.0 Å². The maximum atomic E-state index is 5.35. The van der Waals surface area contributed by atoms with Gasteiger partial charge in [0.25, 0.3) is 5.54 Å².